The molecule has 0 atom stereocenters. The van der Waals surface area contributed by atoms with Crippen molar-refractivity contribution in [2.75, 3.05) is 6.61 Å². The Morgan fingerprint density at radius 2 is 2.27 bits per heavy atom. The van der Waals surface area contributed by atoms with Crippen LogP contribution in [0.5, 0.6) is 5.88 Å². The number of hydrogen-bond donors (Lipinski definition) is 1. The first kappa shape index (κ1) is 12.5. The molecule has 0 saturated carbocycles. The van der Waals surface area contributed by atoms with Crippen LogP contribution in [-0.2, 0) is 0 Å². The van der Waals surface area contributed by atoms with Crippen LogP contribution in [0.3, 0.4) is 0 Å². The zero-order chi connectivity index (χ0) is 11.1. The van der Waals surface area contributed by atoms with Crippen LogP contribution in [0.2, 0.25) is 0 Å². The standard InChI is InChI=1S/C10H15IN2O2/c1-2-3-4-5-6-15-10-8(11)9(14)12-7-13-10/h7H,2-6H2,1H3,(H,12,13,14). The molecule has 0 radical (unpaired) electrons. The minimum absolute atomic E-state index is 0.144. The molecule has 0 aliphatic carbocycles. The molecule has 1 aromatic rings. The van der Waals surface area contributed by atoms with Gasteiger partial charge in [-0.25, -0.2) is 4.98 Å². The number of nitrogens with one attached hydrogen (secondary N) is 1. The third kappa shape index (κ3) is 4.19. The highest BCUT2D eigenvalue weighted by Crippen LogP contribution is 2.12. The highest BCUT2D eigenvalue weighted by molar-refractivity contribution is 14.1. The number of hydrogen-bond acceptors (Lipinski definition) is 3. The Morgan fingerprint density at radius 3 is 3.00 bits per heavy atom. The molecule has 1 aromatic heterocycles. The zero-order valence-electron chi connectivity index (χ0n) is 8.75. The van der Waals surface area contributed by atoms with E-state index in [0.717, 1.165) is 12.8 Å². The van der Waals surface area contributed by atoms with Gasteiger partial charge in [-0.15, -0.1) is 0 Å². The van der Waals surface area contributed by atoms with Crippen LogP contribution in [0, 0.1) is 3.57 Å². The van der Waals surface area contributed by atoms with Crippen molar-refractivity contribution in [3.05, 3.63) is 20.3 Å². The molecule has 0 bridgehead atoms. The van der Waals surface area contributed by atoms with Crippen LogP contribution in [0.15, 0.2) is 11.1 Å². The van der Waals surface area contributed by atoms with Gasteiger partial charge in [0.2, 0.25) is 5.88 Å². The number of aromatic amines is 1. The summed E-state index contributed by atoms with van der Waals surface area (Å²) in [5, 5.41) is 0. The quantitative estimate of drug-likeness (QED) is 0.646. The fourth-order valence-corrected chi connectivity index (χ4v) is 1.62. The number of halogens is 1. The molecule has 84 valence electrons. The lowest BCUT2D eigenvalue weighted by Gasteiger charge is -2.05. The second-order valence-electron chi connectivity index (χ2n) is 3.26. The first-order chi connectivity index (χ1) is 7.25. The van der Waals surface area contributed by atoms with Crippen molar-refractivity contribution in [2.24, 2.45) is 0 Å². The van der Waals surface area contributed by atoms with Crippen LogP contribution >= 0.6 is 22.6 Å². The fourth-order valence-electron chi connectivity index (χ4n) is 1.16. The van der Waals surface area contributed by atoms with E-state index in [1.165, 1.54) is 19.2 Å². The molecule has 4 nitrogen and oxygen atoms in total. The van der Waals surface area contributed by atoms with Gasteiger partial charge < -0.3 is 9.72 Å². The summed E-state index contributed by atoms with van der Waals surface area (Å²) in [5.74, 6) is 0.441. The van der Waals surface area contributed by atoms with E-state index in [1.54, 1.807) is 0 Å². The van der Waals surface area contributed by atoms with E-state index < -0.39 is 0 Å². The second kappa shape index (κ2) is 6.81. The van der Waals surface area contributed by atoms with Crippen molar-refractivity contribution < 1.29 is 4.74 Å². The van der Waals surface area contributed by atoms with Crippen molar-refractivity contribution >= 4 is 22.6 Å². The van der Waals surface area contributed by atoms with Crippen LogP contribution in [0.25, 0.3) is 0 Å². The molecule has 0 unspecified atom stereocenters. The van der Waals surface area contributed by atoms with Crippen LogP contribution in [0.1, 0.15) is 32.6 Å². The Kier molecular flexibility index (Phi) is 5.67. The molecule has 5 heteroatoms. The Bertz CT molecular complexity index is 352. The van der Waals surface area contributed by atoms with E-state index in [1.807, 2.05) is 22.6 Å². The predicted octanol–water partition coefficient (Wildman–Crippen LogP) is 2.33. The molecular formula is C10H15IN2O2. The second-order valence-corrected chi connectivity index (χ2v) is 4.34. The summed E-state index contributed by atoms with van der Waals surface area (Å²) in [7, 11) is 0. The smallest absolute Gasteiger partial charge is 0.268 e. The van der Waals surface area contributed by atoms with E-state index in [0.29, 0.717) is 16.1 Å². The highest BCUT2D eigenvalue weighted by atomic mass is 127. The summed E-state index contributed by atoms with van der Waals surface area (Å²) in [6.07, 6.45) is 5.98. The lowest BCUT2D eigenvalue weighted by atomic mass is 10.2. The number of rotatable bonds is 6. The number of aromatic nitrogens is 2. The maximum Gasteiger partial charge on any atom is 0.268 e. The van der Waals surface area contributed by atoms with E-state index in [-0.39, 0.29) is 5.56 Å². The van der Waals surface area contributed by atoms with Gasteiger partial charge in [0, 0.05) is 0 Å². The number of unbranched alkanes of at least 4 members (excludes halogenated alkanes) is 3. The summed E-state index contributed by atoms with van der Waals surface area (Å²) in [5.41, 5.74) is -0.144. The summed E-state index contributed by atoms with van der Waals surface area (Å²) in [4.78, 5) is 17.7. The molecule has 1 N–H and O–H groups in total. The van der Waals surface area contributed by atoms with E-state index in [2.05, 4.69) is 16.9 Å². The lowest BCUT2D eigenvalue weighted by Crippen LogP contribution is -2.13. The minimum atomic E-state index is -0.144. The summed E-state index contributed by atoms with van der Waals surface area (Å²) < 4.78 is 5.94. The largest absolute Gasteiger partial charge is 0.477 e. The molecule has 0 aromatic carbocycles. The Hall–Kier alpha value is -0.590. The molecule has 0 saturated heterocycles. The van der Waals surface area contributed by atoms with Gasteiger partial charge in [-0.3, -0.25) is 4.79 Å². The van der Waals surface area contributed by atoms with Crippen molar-refractivity contribution in [3.63, 3.8) is 0 Å². The van der Waals surface area contributed by atoms with E-state index in [4.69, 9.17) is 4.74 Å². The van der Waals surface area contributed by atoms with Gasteiger partial charge >= 0.3 is 0 Å². The molecule has 1 rings (SSSR count). The molecule has 0 aliphatic heterocycles. The van der Waals surface area contributed by atoms with Gasteiger partial charge in [-0.1, -0.05) is 26.2 Å². The molecule has 1 heterocycles. The summed E-state index contributed by atoms with van der Waals surface area (Å²) in [6, 6.07) is 0. The molecule has 0 aliphatic rings. The van der Waals surface area contributed by atoms with Crippen molar-refractivity contribution in [1.29, 1.82) is 0 Å². The number of H-pyrrole nitrogens is 1. The molecule has 0 amide bonds. The highest BCUT2D eigenvalue weighted by Gasteiger charge is 2.05. The van der Waals surface area contributed by atoms with Crippen LogP contribution < -0.4 is 10.3 Å². The summed E-state index contributed by atoms with van der Waals surface area (Å²) >= 11 is 1.94. The Balaban J connectivity index is 2.38. The van der Waals surface area contributed by atoms with Crippen molar-refractivity contribution in [3.8, 4) is 5.88 Å². The SMILES string of the molecule is CCCCCCOc1nc[nH]c(=O)c1I. The topological polar surface area (TPSA) is 55.0 Å². The van der Waals surface area contributed by atoms with Gasteiger partial charge in [0.25, 0.3) is 5.56 Å². The predicted molar refractivity (Wildman–Crippen MR) is 67.2 cm³/mol. The first-order valence-corrected chi connectivity index (χ1v) is 6.19. The molecule has 0 fully saturated rings. The van der Waals surface area contributed by atoms with Crippen molar-refractivity contribution in [2.45, 2.75) is 32.6 Å². The minimum Gasteiger partial charge on any atom is -0.477 e. The van der Waals surface area contributed by atoms with E-state index in [9.17, 15) is 4.79 Å². The Labute approximate surface area is 103 Å². The average Bonchev–Trinajstić information content (AvgIpc) is 2.24. The molecule has 0 spiro atoms. The normalized spacial score (nSPS) is 10.3. The lowest BCUT2D eigenvalue weighted by molar-refractivity contribution is 0.290. The monoisotopic (exact) mass is 322 g/mol. The third-order valence-corrected chi connectivity index (χ3v) is 2.95. The fraction of sp³-hybridized carbons (Fsp3) is 0.600. The first-order valence-electron chi connectivity index (χ1n) is 5.11. The third-order valence-electron chi connectivity index (χ3n) is 2.00. The van der Waals surface area contributed by atoms with Gasteiger partial charge in [0.15, 0.2) is 0 Å². The van der Waals surface area contributed by atoms with Crippen molar-refractivity contribution in [1.82, 2.24) is 9.97 Å². The van der Waals surface area contributed by atoms with Gasteiger partial charge in [0.05, 0.1) is 12.9 Å². The van der Waals surface area contributed by atoms with E-state index >= 15 is 0 Å². The summed E-state index contributed by atoms with van der Waals surface area (Å²) in [6.45, 7) is 2.80. The molecule has 15 heavy (non-hydrogen) atoms. The van der Waals surface area contributed by atoms with Crippen LogP contribution in [0.4, 0.5) is 0 Å². The van der Waals surface area contributed by atoms with Gasteiger partial charge in [-0.05, 0) is 29.0 Å². The van der Waals surface area contributed by atoms with Gasteiger partial charge in [-0.2, -0.15) is 0 Å². The maximum absolute atomic E-state index is 11.2. The molecular weight excluding hydrogens is 307 g/mol. The van der Waals surface area contributed by atoms with Crippen LogP contribution in [-0.4, -0.2) is 16.6 Å². The van der Waals surface area contributed by atoms with Gasteiger partial charge in [0.1, 0.15) is 3.57 Å². The number of ether oxygens (including phenoxy) is 1. The zero-order valence-corrected chi connectivity index (χ0v) is 10.9. The Morgan fingerprint density at radius 1 is 1.47 bits per heavy atom. The average molecular weight is 322 g/mol. The number of nitrogens with zero attached hydrogens (tertiary/aromatic N) is 1. The maximum atomic E-state index is 11.2.